The minimum absolute atomic E-state index is 0.616. The number of halogens is 1. The molecule has 0 radical (unpaired) electrons. The van der Waals surface area contributed by atoms with E-state index in [1.54, 1.807) is 0 Å². The number of fused-ring (bicyclic) bond motifs is 1. The number of H-pyrrole nitrogens is 1. The zero-order chi connectivity index (χ0) is 10.7. The van der Waals surface area contributed by atoms with Crippen molar-refractivity contribution >= 4 is 22.5 Å². The lowest BCUT2D eigenvalue weighted by molar-refractivity contribution is 0.746. The number of nitrogens with two attached hydrogens (primary N) is 1. The Morgan fingerprint density at radius 1 is 1.33 bits per heavy atom. The van der Waals surface area contributed by atoms with Crippen LogP contribution in [0.1, 0.15) is 18.4 Å². The second kappa shape index (κ2) is 4.64. The van der Waals surface area contributed by atoms with Gasteiger partial charge in [0.25, 0.3) is 0 Å². The fourth-order valence-corrected chi connectivity index (χ4v) is 1.92. The summed E-state index contributed by atoms with van der Waals surface area (Å²) in [4.78, 5) is 0. The van der Waals surface area contributed by atoms with Crippen LogP contribution in [-0.2, 0) is 6.42 Å². The van der Waals surface area contributed by atoms with Crippen molar-refractivity contribution in [2.24, 2.45) is 5.73 Å². The number of aromatic nitrogens is 2. The molecule has 2 rings (SSSR count). The third-order valence-electron chi connectivity index (χ3n) is 2.52. The molecule has 0 atom stereocenters. The van der Waals surface area contributed by atoms with Crippen LogP contribution in [0.15, 0.2) is 18.2 Å². The van der Waals surface area contributed by atoms with Gasteiger partial charge in [0.2, 0.25) is 0 Å². The van der Waals surface area contributed by atoms with Crippen LogP contribution < -0.4 is 5.73 Å². The zero-order valence-corrected chi connectivity index (χ0v) is 9.22. The summed E-state index contributed by atoms with van der Waals surface area (Å²) in [6, 6.07) is 6.09. The number of hydrogen-bond acceptors (Lipinski definition) is 2. The number of rotatable bonds is 4. The average Bonchev–Trinajstić information content (AvgIpc) is 2.62. The number of para-hydroxylation sites is 1. The molecule has 1 aromatic heterocycles. The molecule has 0 aliphatic carbocycles. The van der Waals surface area contributed by atoms with Crippen molar-refractivity contribution in [3.63, 3.8) is 0 Å². The van der Waals surface area contributed by atoms with E-state index < -0.39 is 0 Å². The van der Waals surface area contributed by atoms with Gasteiger partial charge < -0.3 is 5.73 Å². The Hall–Kier alpha value is -1.06. The van der Waals surface area contributed by atoms with Crippen LogP contribution in [0.5, 0.6) is 0 Å². The molecule has 2 aromatic rings. The lowest BCUT2D eigenvalue weighted by Gasteiger charge is -2.01. The third kappa shape index (κ3) is 2.13. The number of unbranched alkanes of at least 4 members (excludes halogenated alkanes) is 1. The molecule has 0 bridgehead atoms. The summed E-state index contributed by atoms with van der Waals surface area (Å²) in [5.41, 5.74) is 7.69. The molecule has 0 aliphatic rings. The smallest absolute Gasteiger partial charge is 0.132 e. The van der Waals surface area contributed by atoms with Crippen molar-refractivity contribution in [1.29, 1.82) is 0 Å². The van der Waals surface area contributed by atoms with Crippen molar-refractivity contribution in [3.8, 4) is 0 Å². The second-order valence-corrected chi connectivity index (χ2v) is 3.97. The van der Waals surface area contributed by atoms with Crippen LogP contribution in [0.2, 0.25) is 5.15 Å². The fraction of sp³-hybridized carbons (Fsp3) is 0.364. The van der Waals surface area contributed by atoms with Gasteiger partial charge in [-0.25, -0.2) is 0 Å². The first-order chi connectivity index (χ1) is 7.33. The van der Waals surface area contributed by atoms with Crippen LogP contribution in [0.3, 0.4) is 0 Å². The summed E-state index contributed by atoms with van der Waals surface area (Å²) >= 11 is 5.97. The van der Waals surface area contributed by atoms with E-state index in [-0.39, 0.29) is 0 Å². The molecule has 0 spiro atoms. The first kappa shape index (κ1) is 10.5. The highest BCUT2D eigenvalue weighted by molar-refractivity contribution is 6.34. The molecule has 1 aromatic carbocycles. The van der Waals surface area contributed by atoms with Gasteiger partial charge >= 0.3 is 0 Å². The topological polar surface area (TPSA) is 54.7 Å². The molecule has 0 saturated carbocycles. The number of nitrogens with zero attached hydrogens (tertiary/aromatic N) is 1. The Kier molecular flexibility index (Phi) is 3.23. The minimum atomic E-state index is 0.616. The largest absolute Gasteiger partial charge is 0.330 e. The van der Waals surface area contributed by atoms with Gasteiger partial charge in [-0.05, 0) is 37.4 Å². The van der Waals surface area contributed by atoms with Gasteiger partial charge in [-0.2, -0.15) is 5.10 Å². The van der Waals surface area contributed by atoms with E-state index in [9.17, 15) is 0 Å². The van der Waals surface area contributed by atoms with E-state index in [2.05, 4.69) is 16.3 Å². The lowest BCUT2D eigenvalue weighted by Crippen LogP contribution is -1.99. The molecule has 1 heterocycles. The van der Waals surface area contributed by atoms with Gasteiger partial charge in [0.05, 0.1) is 5.52 Å². The summed E-state index contributed by atoms with van der Waals surface area (Å²) < 4.78 is 0. The molecule has 0 amide bonds. The monoisotopic (exact) mass is 223 g/mol. The molecule has 3 nitrogen and oxygen atoms in total. The number of aryl methyl sites for hydroxylation is 1. The summed E-state index contributed by atoms with van der Waals surface area (Å²) in [7, 11) is 0. The van der Waals surface area contributed by atoms with Gasteiger partial charge in [0.1, 0.15) is 5.15 Å². The molecule has 0 fully saturated rings. The average molecular weight is 224 g/mol. The van der Waals surface area contributed by atoms with E-state index in [1.165, 1.54) is 5.56 Å². The fourth-order valence-electron chi connectivity index (χ4n) is 1.73. The minimum Gasteiger partial charge on any atom is -0.330 e. The standard InChI is InChI=1S/C11H14ClN3/c12-11-9-6-3-5-8(4-1-2-7-13)10(9)14-15-11/h3,5-6H,1-2,4,7,13H2,(H,14,15). The Morgan fingerprint density at radius 3 is 3.00 bits per heavy atom. The van der Waals surface area contributed by atoms with E-state index in [4.69, 9.17) is 17.3 Å². The van der Waals surface area contributed by atoms with Gasteiger partial charge in [0.15, 0.2) is 0 Å². The molecular weight excluding hydrogens is 210 g/mol. The van der Waals surface area contributed by atoms with Gasteiger partial charge in [-0.15, -0.1) is 0 Å². The highest BCUT2D eigenvalue weighted by atomic mass is 35.5. The molecule has 0 aliphatic heterocycles. The molecule has 4 heteroatoms. The predicted octanol–water partition coefficient (Wildman–Crippen LogP) is 2.50. The summed E-state index contributed by atoms with van der Waals surface area (Å²) in [5, 5.41) is 8.63. The Morgan fingerprint density at radius 2 is 2.20 bits per heavy atom. The first-order valence-electron chi connectivity index (χ1n) is 5.14. The lowest BCUT2D eigenvalue weighted by atomic mass is 10.1. The SMILES string of the molecule is NCCCCc1cccc2c(Cl)[nH]nc12. The van der Waals surface area contributed by atoms with E-state index in [0.29, 0.717) is 5.15 Å². The summed E-state index contributed by atoms with van der Waals surface area (Å²) in [6.45, 7) is 0.747. The van der Waals surface area contributed by atoms with Gasteiger partial charge in [-0.1, -0.05) is 23.7 Å². The van der Waals surface area contributed by atoms with Gasteiger partial charge in [-0.3, -0.25) is 5.10 Å². The van der Waals surface area contributed by atoms with Crippen LogP contribution in [0.25, 0.3) is 10.9 Å². The molecule has 15 heavy (non-hydrogen) atoms. The number of nitrogens with one attached hydrogen (secondary N) is 1. The highest BCUT2D eigenvalue weighted by Gasteiger charge is 2.06. The van der Waals surface area contributed by atoms with Crippen LogP contribution in [-0.4, -0.2) is 16.7 Å². The van der Waals surface area contributed by atoms with Crippen LogP contribution >= 0.6 is 11.6 Å². The summed E-state index contributed by atoms with van der Waals surface area (Å²) in [5.74, 6) is 0. The maximum absolute atomic E-state index is 5.97. The van der Waals surface area contributed by atoms with Gasteiger partial charge in [0, 0.05) is 5.39 Å². The maximum atomic E-state index is 5.97. The number of aromatic amines is 1. The normalized spacial score (nSPS) is 11.1. The number of hydrogen-bond donors (Lipinski definition) is 2. The maximum Gasteiger partial charge on any atom is 0.132 e. The molecule has 0 unspecified atom stereocenters. The quantitative estimate of drug-likeness (QED) is 0.783. The summed E-state index contributed by atoms with van der Waals surface area (Å²) in [6.07, 6.45) is 3.16. The van der Waals surface area contributed by atoms with E-state index in [1.807, 2.05) is 12.1 Å². The Labute approximate surface area is 93.6 Å². The van der Waals surface area contributed by atoms with E-state index >= 15 is 0 Å². The second-order valence-electron chi connectivity index (χ2n) is 3.60. The molecular formula is C11H14ClN3. The third-order valence-corrected chi connectivity index (χ3v) is 2.81. The van der Waals surface area contributed by atoms with Crippen molar-refractivity contribution in [2.75, 3.05) is 6.54 Å². The van der Waals surface area contributed by atoms with Crippen LogP contribution in [0, 0.1) is 0 Å². The van der Waals surface area contributed by atoms with E-state index in [0.717, 1.165) is 36.7 Å². The first-order valence-corrected chi connectivity index (χ1v) is 5.52. The van der Waals surface area contributed by atoms with Crippen molar-refractivity contribution in [3.05, 3.63) is 28.9 Å². The molecule has 3 N–H and O–H groups in total. The molecule has 0 saturated heterocycles. The molecule has 80 valence electrons. The van der Waals surface area contributed by atoms with Crippen molar-refractivity contribution in [1.82, 2.24) is 10.2 Å². The van der Waals surface area contributed by atoms with Crippen LogP contribution in [0.4, 0.5) is 0 Å². The van der Waals surface area contributed by atoms with Crippen molar-refractivity contribution in [2.45, 2.75) is 19.3 Å². The number of benzene rings is 1. The Balaban J connectivity index is 2.26. The Bertz CT molecular complexity index is 450. The predicted molar refractivity (Wildman–Crippen MR) is 63.1 cm³/mol. The highest BCUT2D eigenvalue weighted by Crippen LogP contribution is 2.23. The van der Waals surface area contributed by atoms with Crippen molar-refractivity contribution < 1.29 is 0 Å². The zero-order valence-electron chi connectivity index (χ0n) is 8.46.